The molecule has 17 heavy (non-hydrogen) atoms. The van der Waals surface area contributed by atoms with Crippen molar-refractivity contribution in [3.05, 3.63) is 29.6 Å². The highest BCUT2D eigenvalue weighted by Gasteiger charge is 2.38. The molecule has 0 amide bonds. The Morgan fingerprint density at radius 1 is 1.41 bits per heavy atom. The summed E-state index contributed by atoms with van der Waals surface area (Å²) < 4.78 is 55.1. The maximum atomic E-state index is 13.2. The second-order valence-electron chi connectivity index (χ2n) is 3.43. The first-order valence-corrected chi connectivity index (χ1v) is 4.73. The number of benzene rings is 1. The molecule has 0 aromatic heterocycles. The smallest absolute Gasteiger partial charge is 0.405 e. The molecule has 0 saturated heterocycles. The lowest BCUT2D eigenvalue weighted by molar-refractivity contribution is -0.155. The van der Waals surface area contributed by atoms with Crippen molar-refractivity contribution in [1.82, 2.24) is 5.43 Å². The summed E-state index contributed by atoms with van der Waals surface area (Å²) in [6.07, 6.45) is -4.92. The molecule has 96 valence electrons. The Morgan fingerprint density at radius 3 is 2.47 bits per heavy atom. The molecule has 0 aliphatic carbocycles. The molecule has 3 nitrogen and oxygen atoms in total. The lowest BCUT2D eigenvalue weighted by Crippen LogP contribution is -2.47. The van der Waals surface area contributed by atoms with Gasteiger partial charge in [-0.05, 0) is 24.1 Å². The highest BCUT2D eigenvalue weighted by Crippen LogP contribution is 2.24. The summed E-state index contributed by atoms with van der Waals surface area (Å²) in [6.45, 7) is 0. The standard InChI is InChI=1S/C10H12F4N2O/c1-17-8-3-2-6(4-7(8)11)5-9(16-15)10(12,13)14/h2-4,9,16H,5,15H2,1H3. The first-order valence-electron chi connectivity index (χ1n) is 4.73. The van der Waals surface area contributed by atoms with Crippen LogP contribution in [0.15, 0.2) is 18.2 Å². The van der Waals surface area contributed by atoms with Gasteiger partial charge in [0.15, 0.2) is 11.6 Å². The van der Waals surface area contributed by atoms with Crippen molar-refractivity contribution in [3.63, 3.8) is 0 Å². The highest BCUT2D eigenvalue weighted by molar-refractivity contribution is 5.29. The van der Waals surface area contributed by atoms with Gasteiger partial charge in [0, 0.05) is 0 Å². The SMILES string of the molecule is COc1ccc(CC(NN)C(F)(F)F)cc1F. The van der Waals surface area contributed by atoms with Crippen LogP contribution in [-0.4, -0.2) is 19.3 Å². The number of hydrazine groups is 1. The van der Waals surface area contributed by atoms with E-state index in [1.54, 1.807) is 5.43 Å². The molecule has 0 heterocycles. The zero-order valence-corrected chi connectivity index (χ0v) is 9.01. The van der Waals surface area contributed by atoms with E-state index in [2.05, 4.69) is 4.74 Å². The number of rotatable bonds is 4. The summed E-state index contributed by atoms with van der Waals surface area (Å²) in [5, 5.41) is 0. The summed E-state index contributed by atoms with van der Waals surface area (Å²) in [4.78, 5) is 0. The molecule has 1 rings (SSSR count). The third-order valence-corrected chi connectivity index (χ3v) is 2.25. The maximum absolute atomic E-state index is 13.2. The number of nitrogens with one attached hydrogen (secondary N) is 1. The minimum absolute atomic E-state index is 0.0157. The minimum atomic E-state index is -4.48. The molecule has 0 aliphatic rings. The Hall–Kier alpha value is -1.34. The Kier molecular flexibility index (Phi) is 4.30. The van der Waals surface area contributed by atoms with Crippen LogP contribution in [0.4, 0.5) is 17.6 Å². The van der Waals surface area contributed by atoms with E-state index in [9.17, 15) is 17.6 Å². The predicted molar refractivity (Wildman–Crippen MR) is 53.8 cm³/mol. The van der Waals surface area contributed by atoms with Gasteiger partial charge in [0.1, 0.15) is 6.04 Å². The van der Waals surface area contributed by atoms with E-state index in [4.69, 9.17) is 5.84 Å². The molecule has 0 bridgehead atoms. The van der Waals surface area contributed by atoms with Gasteiger partial charge in [0.05, 0.1) is 7.11 Å². The van der Waals surface area contributed by atoms with Crippen molar-refractivity contribution in [2.75, 3.05) is 7.11 Å². The Labute approximate surface area is 95.5 Å². The summed E-state index contributed by atoms with van der Waals surface area (Å²) in [7, 11) is 1.28. The average molecular weight is 252 g/mol. The number of ether oxygens (including phenoxy) is 1. The van der Waals surface area contributed by atoms with Gasteiger partial charge in [-0.15, -0.1) is 0 Å². The largest absolute Gasteiger partial charge is 0.494 e. The van der Waals surface area contributed by atoms with Crippen molar-refractivity contribution in [3.8, 4) is 5.75 Å². The zero-order chi connectivity index (χ0) is 13.1. The van der Waals surface area contributed by atoms with Crippen LogP contribution in [0.5, 0.6) is 5.75 Å². The molecular formula is C10H12F4N2O. The number of hydrogen-bond donors (Lipinski definition) is 2. The Bertz CT molecular complexity index is 381. The lowest BCUT2D eigenvalue weighted by atomic mass is 10.1. The molecular weight excluding hydrogens is 240 g/mol. The molecule has 0 saturated carbocycles. The average Bonchev–Trinajstić information content (AvgIpc) is 2.24. The number of halogens is 4. The maximum Gasteiger partial charge on any atom is 0.405 e. The van der Waals surface area contributed by atoms with E-state index < -0.39 is 24.5 Å². The monoisotopic (exact) mass is 252 g/mol. The van der Waals surface area contributed by atoms with Gasteiger partial charge in [-0.25, -0.2) is 9.82 Å². The van der Waals surface area contributed by atoms with Crippen molar-refractivity contribution >= 4 is 0 Å². The quantitative estimate of drug-likeness (QED) is 0.488. The lowest BCUT2D eigenvalue weighted by Gasteiger charge is -2.19. The fourth-order valence-electron chi connectivity index (χ4n) is 1.34. The Morgan fingerprint density at radius 2 is 2.06 bits per heavy atom. The van der Waals surface area contributed by atoms with Crippen LogP contribution in [0.25, 0.3) is 0 Å². The van der Waals surface area contributed by atoms with Crippen LogP contribution in [0.3, 0.4) is 0 Å². The van der Waals surface area contributed by atoms with E-state index in [0.29, 0.717) is 0 Å². The molecule has 3 N–H and O–H groups in total. The molecule has 0 fully saturated rings. The molecule has 7 heteroatoms. The fraction of sp³-hybridized carbons (Fsp3) is 0.400. The predicted octanol–water partition coefficient (Wildman–Crippen LogP) is 1.77. The van der Waals surface area contributed by atoms with E-state index in [0.717, 1.165) is 6.07 Å². The number of methoxy groups -OCH3 is 1. The number of nitrogens with two attached hydrogens (primary N) is 1. The van der Waals surface area contributed by atoms with Crippen LogP contribution < -0.4 is 16.0 Å². The topological polar surface area (TPSA) is 47.3 Å². The molecule has 1 aromatic rings. The van der Waals surface area contributed by atoms with Crippen LogP contribution in [0.2, 0.25) is 0 Å². The fourth-order valence-corrected chi connectivity index (χ4v) is 1.34. The molecule has 0 spiro atoms. The molecule has 1 unspecified atom stereocenters. The van der Waals surface area contributed by atoms with Gasteiger partial charge < -0.3 is 4.74 Å². The first-order chi connectivity index (χ1) is 7.88. The normalized spacial score (nSPS) is 13.5. The van der Waals surface area contributed by atoms with Crippen LogP contribution >= 0.6 is 0 Å². The van der Waals surface area contributed by atoms with Gasteiger partial charge in [-0.1, -0.05) is 6.07 Å². The van der Waals surface area contributed by atoms with E-state index in [1.165, 1.54) is 19.2 Å². The van der Waals surface area contributed by atoms with Crippen molar-refractivity contribution in [1.29, 1.82) is 0 Å². The molecule has 1 aromatic carbocycles. The molecule has 0 radical (unpaired) electrons. The second kappa shape index (κ2) is 5.33. The van der Waals surface area contributed by atoms with Crippen molar-refractivity contribution in [2.24, 2.45) is 5.84 Å². The van der Waals surface area contributed by atoms with Gasteiger partial charge in [0.2, 0.25) is 0 Å². The van der Waals surface area contributed by atoms with E-state index >= 15 is 0 Å². The van der Waals surface area contributed by atoms with Gasteiger partial charge in [-0.2, -0.15) is 13.2 Å². The first kappa shape index (κ1) is 13.7. The molecule has 1 atom stereocenters. The van der Waals surface area contributed by atoms with E-state index in [-0.39, 0.29) is 11.3 Å². The molecule has 0 aliphatic heterocycles. The summed E-state index contributed by atoms with van der Waals surface area (Å²) in [6, 6.07) is 1.72. The summed E-state index contributed by atoms with van der Waals surface area (Å²) in [5.41, 5.74) is 1.84. The van der Waals surface area contributed by atoms with Crippen LogP contribution in [0, 0.1) is 5.82 Å². The van der Waals surface area contributed by atoms with E-state index in [1.807, 2.05) is 0 Å². The number of hydrogen-bond acceptors (Lipinski definition) is 3. The second-order valence-corrected chi connectivity index (χ2v) is 3.43. The number of alkyl halides is 3. The van der Waals surface area contributed by atoms with Gasteiger partial charge >= 0.3 is 6.18 Å². The van der Waals surface area contributed by atoms with Gasteiger partial charge in [0.25, 0.3) is 0 Å². The van der Waals surface area contributed by atoms with Crippen molar-refractivity contribution in [2.45, 2.75) is 18.6 Å². The third kappa shape index (κ3) is 3.57. The van der Waals surface area contributed by atoms with Crippen molar-refractivity contribution < 1.29 is 22.3 Å². The zero-order valence-electron chi connectivity index (χ0n) is 9.01. The summed E-state index contributed by atoms with van der Waals surface area (Å²) >= 11 is 0. The van der Waals surface area contributed by atoms with Crippen LogP contribution in [-0.2, 0) is 6.42 Å². The summed E-state index contributed by atoms with van der Waals surface area (Å²) in [5.74, 6) is 4.09. The van der Waals surface area contributed by atoms with Crippen LogP contribution in [0.1, 0.15) is 5.56 Å². The van der Waals surface area contributed by atoms with Gasteiger partial charge in [-0.3, -0.25) is 5.84 Å². The Balaban J connectivity index is 2.84. The highest BCUT2D eigenvalue weighted by atomic mass is 19.4. The minimum Gasteiger partial charge on any atom is -0.494 e. The third-order valence-electron chi connectivity index (χ3n) is 2.25.